The molecule has 2 aromatic rings. The van der Waals surface area contributed by atoms with Gasteiger partial charge in [-0.3, -0.25) is 0 Å². The zero-order chi connectivity index (χ0) is 17.5. The summed E-state index contributed by atoms with van der Waals surface area (Å²) in [5, 5.41) is 12.7. The molecular weight excluding hydrogens is 319 g/mol. The lowest BCUT2D eigenvalue weighted by molar-refractivity contribution is 0.203. The maximum Gasteiger partial charge on any atom is 0.165 e. The normalized spacial score (nSPS) is 15.2. The fraction of sp³-hybridized carbons (Fsp3) is 0.400. The summed E-state index contributed by atoms with van der Waals surface area (Å²) in [4.78, 5) is 2.35. The Bertz CT molecular complexity index is 672. The minimum absolute atomic E-state index is 0.279. The van der Waals surface area contributed by atoms with E-state index >= 15 is 0 Å². The molecule has 1 aliphatic heterocycles. The van der Waals surface area contributed by atoms with Crippen LogP contribution < -0.4 is 15.0 Å². The molecular formula is C20H25FN2O2. The van der Waals surface area contributed by atoms with Gasteiger partial charge >= 0.3 is 0 Å². The van der Waals surface area contributed by atoms with E-state index in [2.05, 4.69) is 22.3 Å². The summed E-state index contributed by atoms with van der Waals surface area (Å²) in [6, 6.07) is 14.6. The highest BCUT2D eigenvalue weighted by Crippen LogP contribution is 2.29. The molecule has 0 atom stereocenters. The van der Waals surface area contributed by atoms with Gasteiger partial charge in [-0.15, -0.1) is 0 Å². The average molecular weight is 344 g/mol. The molecule has 2 aromatic carbocycles. The number of anilines is 2. The lowest BCUT2D eigenvalue weighted by Gasteiger charge is -2.34. The average Bonchev–Trinajstić information content (AvgIpc) is 2.67. The number of halogens is 1. The van der Waals surface area contributed by atoms with Gasteiger partial charge in [-0.1, -0.05) is 24.3 Å². The molecule has 3 rings (SSSR count). The molecule has 0 aliphatic carbocycles. The Morgan fingerprint density at radius 2 is 1.80 bits per heavy atom. The second kappa shape index (κ2) is 8.72. The van der Waals surface area contributed by atoms with Gasteiger partial charge in [0.2, 0.25) is 0 Å². The van der Waals surface area contributed by atoms with Crippen molar-refractivity contribution in [1.29, 1.82) is 0 Å². The van der Waals surface area contributed by atoms with Crippen LogP contribution in [0.25, 0.3) is 0 Å². The summed E-state index contributed by atoms with van der Waals surface area (Å²) in [7, 11) is 0. The van der Waals surface area contributed by atoms with Crippen molar-refractivity contribution < 1.29 is 14.2 Å². The second-order valence-corrected chi connectivity index (χ2v) is 6.34. The van der Waals surface area contributed by atoms with Gasteiger partial charge in [0, 0.05) is 26.2 Å². The maximum absolute atomic E-state index is 13.5. The minimum Gasteiger partial charge on any atom is -0.489 e. The van der Waals surface area contributed by atoms with Crippen molar-refractivity contribution in [3.05, 3.63) is 54.3 Å². The van der Waals surface area contributed by atoms with Crippen LogP contribution in [0.5, 0.6) is 5.75 Å². The van der Waals surface area contributed by atoms with Crippen molar-refractivity contribution >= 4 is 11.4 Å². The number of rotatable bonds is 7. The second-order valence-electron chi connectivity index (χ2n) is 6.34. The first-order valence-electron chi connectivity index (χ1n) is 8.84. The summed E-state index contributed by atoms with van der Waals surface area (Å²) < 4.78 is 19.0. The highest BCUT2D eigenvalue weighted by molar-refractivity contribution is 5.70. The Morgan fingerprint density at radius 3 is 2.56 bits per heavy atom. The number of aliphatic hydroxyl groups is 1. The Kier molecular flexibility index (Phi) is 6.12. The zero-order valence-corrected chi connectivity index (χ0v) is 14.3. The third kappa shape index (κ3) is 4.63. The van der Waals surface area contributed by atoms with E-state index in [1.165, 1.54) is 11.8 Å². The van der Waals surface area contributed by atoms with E-state index < -0.39 is 0 Å². The Morgan fingerprint density at radius 1 is 1.08 bits per heavy atom. The molecule has 1 saturated heterocycles. The lowest BCUT2D eigenvalue weighted by atomic mass is 9.97. The Balaban J connectivity index is 1.54. The molecule has 4 nitrogen and oxygen atoms in total. The van der Waals surface area contributed by atoms with Crippen molar-refractivity contribution in [3.63, 3.8) is 0 Å². The molecule has 0 saturated carbocycles. The maximum atomic E-state index is 13.5. The molecule has 134 valence electrons. The standard InChI is InChI=1S/C20H25FN2O2/c21-17-5-1-4-8-20(17)25-14-11-22-18-6-2-3-7-19(18)23-12-9-16(15-24)10-13-23/h1-8,16,22,24H,9-15H2. The van der Waals surface area contributed by atoms with Crippen LogP contribution in [-0.2, 0) is 0 Å². The molecule has 0 unspecified atom stereocenters. The van der Waals surface area contributed by atoms with Gasteiger partial charge in [0.1, 0.15) is 6.61 Å². The number of hydrogen-bond acceptors (Lipinski definition) is 4. The van der Waals surface area contributed by atoms with Gasteiger partial charge < -0.3 is 20.1 Å². The van der Waals surface area contributed by atoms with E-state index in [9.17, 15) is 9.50 Å². The highest BCUT2D eigenvalue weighted by Gasteiger charge is 2.20. The molecule has 1 fully saturated rings. The summed E-state index contributed by atoms with van der Waals surface area (Å²) in [6.07, 6.45) is 2.03. The highest BCUT2D eigenvalue weighted by atomic mass is 19.1. The van der Waals surface area contributed by atoms with Crippen LogP contribution in [0.15, 0.2) is 48.5 Å². The van der Waals surface area contributed by atoms with E-state index in [-0.39, 0.29) is 18.2 Å². The van der Waals surface area contributed by atoms with Gasteiger partial charge in [-0.05, 0) is 43.0 Å². The van der Waals surface area contributed by atoms with E-state index in [1.807, 2.05) is 12.1 Å². The molecule has 2 N–H and O–H groups in total. The van der Waals surface area contributed by atoms with Crippen LogP contribution in [-0.4, -0.2) is 38.0 Å². The number of piperidine rings is 1. The predicted octanol–water partition coefficient (Wildman–Crippen LogP) is 3.53. The first-order valence-corrected chi connectivity index (χ1v) is 8.84. The van der Waals surface area contributed by atoms with Crippen LogP contribution in [0.4, 0.5) is 15.8 Å². The van der Waals surface area contributed by atoms with Gasteiger partial charge in [-0.25, -0.2) is 4.39 Å². The quantitative estimate of drug-likeness (QED) is 0.755. The number of hydrogen-bond donors (Lipinski definition) is 2. The summed E-state index contributed by atoms with van der Waals surface area (Å²) >= 11 is 0. The van der Waals surface area contributed by atoms with E-state index in [1.54, 1.807) is 18.2 Å². The molecule has 0 spiro atoms. The van der Waals surface area contributed by atoms with Crippen molar-refractivity contribution in [2.24, 2.45) is 5.92 Å². The number of benzene rings is 2. The summed E-state index contributed by atoms with van der Waals surface area (Å²) in [6.45, 7) is 3.17. The van der Waals surface area contributed by atoms with Crippen molar-refractivity contribution in [1.82, 2.24) is 0 Å². The van der Waals surface area contributed by atoms with Gasteiger partial charge in [0.15, 0.2) is 11.6 Å². The minimum atomic E-state index is -0.338. The van der Waals surface area contributed by atoms with E-state index in [0.717, 1.165) is 31.6 Å². The predicted molar refractivity (Wildman–Crippen MR) is 98.8 cm³/mol. The number of aliphatic hydroxyl groups excluding tert-OH is 1. The van der Waals surface area contributed by atoms with Crippen molar-refractivity contribution in [3.8, 4) is 5.75 Å². The van der Waals surface area contributed by atoms with Crippen LogP contribution in [0.1, 0.15) is 12.8 Å². The summed E-state index contributed by atoms with van der Waals surface area (Å²) in [5.74, 6) is 0.365. The monoisotopic (exact) mass is 344 g/mol. The topological polar surface area (TPSA) is 44.7 Å². The molecule has 0 radical (unpaired) electrons. The fourth-order valence-electron chi connectivity index (χ4n) is 3.16. The smallest absolute Gasteiger partial charge is 0.165 e. The van der Waals surface area contributed by atoms with Crippen molar-refractivity contribution in [2.45, 2.75) is 12.8 Å². The molecule has 1 aliphatic rings. The van der Waals surface area contributed by atoms with Crippen LogP contribution in [0.2, 0.25) is 0 Å². The van der Waals surface area contributed by atoms with Crippen LogP contribution >= 0.6 is 0 Å². The largest absolute Gasteiger partial charge is 0.489 e. The van der Waals surface area contributed by atoms with E-state index in [0.29, 0.717) is 19.1 Å². The molecule has 25 heavy (non-hydrogen) atoms. The lowest BCUT2D eigenvalue weighted by Crippen LogP contribution is -2.35. The van der Waals surface area contributed by atoms with Gasteiger partial charge in [0.05, 0.1) is 11.4 Å². The van der Waals surface area contributed by atoms with Crippen LogP contribution in [0, 0.1) is 11.7 Å². The van der Waals surface area contributed by atoms with Gasteiger partial charge in [0.25, 0.3) is 0 Å². The molecule has 5 heteroatoms. The number of para-hydroxylation sites is 3. The van der Waals surface area contributed by atoms with Gasteiger partial charge in [-0.2, -0.15) is 0 Å². The zero-order valence-electron chi connectivity index (χ0n) is 14.3. The van der Waals surface area contributed by atoms with Crippen molar-refractivity contribution in [2.75, 3.05) is 43.1 Å². The fourth-order valence-corrected chi connectivity index (χ4v) is 3.16. The summed E-state index contributed by atoms with van der Waals surface area (Å²) in [5.41, 5.74) is 2.23. The van der Waals surface area contributed by atoms with E-state index in [4.69, 9.17) is 4.74 Å². The number of nitrogens with one attached hydrogen (secondary N) is 1. The Hall–Kier alpha value is -2.27. The molecule has 1 heterocycles. The third-order valence-electron chi connectivity index (χ3n) is 4.63. The SMILES string of the molecule is OCC1CCN(c2ccccc2NCCOc2ccccc2F)CC1. The third-order valence-corrected chi connectivity index (χ3v) is 4.63. The van der Waals surface area contributed by atoms with Crippen LogP contribution in [0.3, 0.4) is 0 Å². The molecule has 0 amide bonds. The first-order chi connectivity index (χ1) is 12.3. The Labute approximate surface area is 148 Å². The first kappa shape index (κ1) is 17.5. The number of nitrogens with zero attached hydrogens (tertiary/aromatic N) is 1. The molecule has 0 aromatic heterocycles. The number of ether oxygens (including phenoxy) is 1. The molecule has 0 bridgehead atoms.